The summed E-state index contributed by atoms with van der Waals surface area (Å²) in [7, 11) is 1.38. The molecule has 0 spiro atoms. The number of likely N-dealkylation sites (N-methyl/N-ethyl adjacent to an activating group) is 1. The molecule has 10 nitrogen and oxygen atoms in total. The predicted octanol–water partition coefficient (Wildman–Crippen LogP) is 3.79. The minimum absolute atomic E-state index is 0.145. The van der Waals surface area contributed by atoms with Crippen LogP contribution in [0.4, 0.5) is 4.79 Å². The second-order valence-corrected chi connectivity index (χ2v) is 11.6. The summed E-state index contributed by atoms with van der Waals surface area (Å²) in [5.41, 5.74) is -0.112. The number of phenols is 1. The van der Waals surface area contributed by atoms with Crippen LogP contribution in [0.5, 0.6) is 5.75 Å². The van der Waals surface area contributed by atoms with Gasteiger partial charge in [0.1, 0.15) is 35.6 Å². The second-order valence-electron chi connectivity index (χ2n) is 11.6. The lowest BCUT2D eigenvalue weighted by Gasteiger charge is -2.31. The van der Waals surface area contributed by atoms with Crippen LogP contribution in [0.3, 0.4) is 0 Å². The van der Waals surface area contributed by atoms with E-state index in [1.807, 2.05) is 30.3 Å². The van der Waals surface area contributed by atoms with Gasteiger partial charge in [-0.2, -0.15) is 0 Å². The molecule has 0 aromatic heterocycles. The Labute approximate surface area is 236 Å². The van der Waals surface area contributed by atoms with Crippen molar-refractivity contribution < 1.29 is 33.8 Å². The van der Waals surface area contributed by atoms with E-state index >= 15 is 0 Å². The van der Waals surface area contributed by atoms with Crippen LogP contribution in [-0.2, 0) is 30.3 Å². The number of carbonyl (C=O) groups is 4. The Hall–Kier alpha value is -4.08. The lowest BCUT2D eigenvalue weighted by atomic mass is 9.99. The van der Waals surface area contributed by atoms with Crippen molar-refractivity contribution in [2.24, 2.45) is 0 Å². The Morgan fingerprint density at radius 3 is 2.08 bits per heavy atom. The van der Waals surface area contributed by atoms with E-state index in [2.05, 4.69) is 10.6 Å². The van der Waals surface area contributed by atoms with Gasteiger partial charge in [-0.15, -0.1) is 0 Å². The zero-order valence-corrected chi connectivity index (χ0v) is 24.5. The number of aromatic hydroxyl groups is 1. The fourth-order valence-corrected chi connectivity index (χ4v) is 3.83. The molecule has 0 aliphatic carbocycles. The Balaban J connectivity index is 2.38. The number of para-hydroxylation sites is 1. The fraction of sp³-hybridized carbons (Fsp3) is 0.467. The number of ether oxygens (including phenoxy) is 2. The molecular formula is C30H41N3O7. The molecule has 10 heteroatoms. The average Bonchev–Trinajstić information content (AvgIpc) is 2.83. The first-order valence-corrected chi connectivity index (χ1v) is 13.1. The monoisotopic (exact) mass is 555 g/mol. The van der Waals surface area contributed by atoms with Crippen molar-refractivity contribution in [2.75, 3.05) is 13.6 Å². The van der Waals surface area contributed by atoms with Crippen molar-refractivity contribution >= 4 is 23.9 Å². The van der Waals surface area contributed by atoms with Crippen LogP contribution < -0.4 is 10.6 Å². The third-order valence-corrected chi connectivity index (χ3v) is 5.67. The molecule has 0 aliphatic heterocycles. The molecule has 0 aliphatic rings. The van der Waals surface area contributed by atoms with E-state index in [1.54, 1.807) is 60.6 Å². The summed E-state index contributed by atoms with van der Waals surface area (Å²) in [4.78, 5) is 53.3. The summed E-state index contributed by atoms with van der Waals surface area (Å²) in [5, 5.41) is 15.9. The van der Waals surface area contributed by atoms with Gasteiger partial charge in [0.25, 0.3) is 0 Å². The third kappa shape index (κ3) is 9.91. The first-order valence-electron chi connectivity index (χ1n) is 13.1. The van der Waals surface area contributed by atoms with E-state index in [0.717, 1.165) is 10.5 Å². The van der Waals surface area contributed by atoms with Gasteiger partial charge >= 0.3 is 12.1 Å². The zero-order valence-electron chi connectivity index (χ0n) is 24.5. The molecule has 0 bridgehead atoms. The highest BCUT2D eigenvalue weighted by atomic mass is 16.6. The van der Waals surface area contributed by atoms with E-state index in [9.17, 15) is 24.3 Å². The first kappa shape index (κ1) is 32.1. The number of esters is 1. The molecule has 0 heterocycles. The van der Waals surface area contributed by atoms with Crippen LogP contribution in [0, 0.1) is 6.92 Å². The summed E-state index contributed by atoms with van der Waals surface area (Å²) >= 11 is 0. The lowest BCUT2D eigenvalue weighted by Crippen LogP contribution is -2.51. The summed E-state index contributed by atoms with van der Waals surface area (Å²) in [6.45, 7) is 11.5. The Morgan fingerprint density at radius 1 is 0.900 bits per heavy atom. The largest absolute Gasteiger partial charge is 0.507 e. The summed E-state index contributed by atoms with van der Waals surface area (Å²) in [6, 6.07) is 11.6. The highest BCUT2D eigenvalue weighted by Crippen LogP contribution is 2.31. The maximum Gasteiger partial charge on any atom is 0.408 e. The smallest absolute Gasteiger partial charge is 0.408 e. The number of hydrogen-bond acceptors (Lipinski definition) is 7. The molecule has 2 aromatic carbocycles. The molecular weight excluding hydrogens is 514 g/mol. The van der Waals surface area contributed by atoms with Crippen LogP contribution >= 0.6 is 0 Å². The number of rotatable bonds is 9. The number of alkyl carbamates (subject to hydrolysis) is 1. The van der Waals surface area contributed by atoms with Crippen molar-refractivity contribution in [3.63, 3.8) is 0 Å². The Bertz CT molecular complexity index is 1200. The summed E-state index contributed by atoms with van der Waals surface area (Å²) < 4.78 is 10.7. The molecule has 40 heavy (non-hydrogen) atoms. The van der Waals surface area contributed by atoms with Crippen LogP contribution in [0.15, 0.2) is 48.5 Å². The van der Waals surface area contributed by atoms with Crippen LogP contribution in [-0.4, -0.2) is 64.7 Å². The number of amides is 3. The van der Waals surface area contributed by atoms with Gasteiger partial charge in [-0.3, -0.25) is 9.59 Å². The van der Waals surface area contributed by atoms with Gasteiger partial charge in [-0.1, -0.05) is 48.5 Å². The quantitative estimate of drug-likeness (QED) is 0.401. The lowest BCUT2D eigenvalue weighted by molar-refractivity contribution is -0.159. The fourth-order valence-electron chi connectivity index (χ4n) is 3.83. The third-order valence-electron chi connectivity index (χ3n) is 5.67. The van der Waals surface area contributed by atoms with Crippen molar-refractivity contribution in [3.8, 4) is 5.75 Å². The first-order chi connectivity index (χ1) is 18.5. The number of nitrogens with one attached hydrogen (secondary N) is 2. The predicted molar refractivity (Wildman–Crippen MR) is 151 cm³/mol. The number of benzene rings is 2. The minimum atomic E-state index is -1.33. The topological polar surface area (TPSA) is 134 Å². The van der Waals surface area contributed by atoms with Crippen molar-refractivity contribution in [1.82, 2.24) is 15.5 Å². The number of hydrogen-bond donors (Lipinski definition) is 3. The number of phenolic OH excluding ortho intramolecular Hbond substituents is 1. The number of aryl methyl sites for hydroxylation is 1. The molecule has 0 fully saturated rings. The highest BCUT2D eigenvalue weighted by Gasteiger charge is 2.35. The second kappa shape index (κ2) is 13.3. The van der Waals surface area contributed by atoms with Gasteiger partial charge in [0.05, 0.1) is 0 Å². The number of nitrogens with zero attached hydrogens (tertiary/aromatic N) is 1. The summed E-state index contributed by atoms with van der Waals surface area (Å²) in [5.74, 6) is -2.14. The van der Waals surface area contributed by atoms with Crippen molar-refractivity contribution in [2.45, 2.75) is 78.2 Å². The molecule has 218 valence electrons. The van der Waals surface area contributed by atoms with Crippen LogP contribution in [0.25, 0.3) is 0 Å². The maximum absolute atomic E-state index is 13.8. The molecule has 0 saturated heterocycles. The van der Waals surface area contributed by atoms with E-state index in [-0.39, 0.29) is 17.7 Å². The standard InChI is InChI=1S/C30H41N3O7/c1-19-13-12-16-21(25(19)35)24(33(8)23(34)18-31-28(38)40-30(5,6)7)26(36)32-22(27(37)39-29(2,3)4)17-20-14-10-9-11-15-20/h9-16,22,24,35H,17-18H2,1-8H3,(H,31,38)(H,32,36). The normalized spacial score (nSPS) is 13.0. The van der Waals surface area contributed by atoms with Gasteiger partial charge in [0.2, 0.25) is 11.8 Å². The van der Waals surface area contributed by atoms with Gasteiger partial charge in [-0.25, -0.2) is 9.59 Å². The Kier molecular flexibility index (Phi) is 10.7. The molecule has 3 N–H and O–H groups in total. The van der Waals surface area contributed by atoms with Crippen LogP contribution in [0.1, 0.15) is 64.3 Å². The van der Waals surface area contributed by atoms with Gasteiger partial charge in [-0.05, 0) is 59.6 Å². The molecule has 2 atom stereocenters. The van der Waals surface area contributed by atoms with E-state index < -0.39 is 53.7 Å². The highest BCUT2D eigenvalue weighted by molar-refractivity contribution is 5.93. The molecule has 3 amide bonds. The van der Waals surface area contributed by atoms with E-state index in [4.69, 9.17) is 9.47 Å². The van der Waals surface area contributed by atoms with E-state index in [0.29, 0.717) is 5.56 Å². The molecule has 0 radical (unpaired) electrons. The SMILES string of the molecule is Cc1cccc(C(C(=O)NC(Cc2ccccc2)C(=O)OC(C)(C)C)N(C)C(=O)CNC(=O)OC(C)(C)C)c1O. The molecule has 2 rings (SSSR count). The maximum atomic E-state index is 13.8. The van der Waals surface area contributed by atoms with Crippen molar-refractivity contribution in [3.05, 3.63) is 65.2 Å². The Morgan fingerprint density at radius 2 is 1.50 bits per heavy atom. The minimum Gasteiger partial charge on any atom is -0.507 e. The molecule has 2 aromatic rings. The van der Waals surface area contributed by atoms with Gasteiger partial charge in [0.15, 0.2) is 0 Å². The van der Waals surface area contributed by atoms with Crippen LogP contribution in [0.2, 0.25) is 0 Å². The van der Waals surface area contributed by atoms with Gasteiger partial charge < -0.3 is 30.1 Å². The zero-order chi connectivity index (χ0) is 30.3. The van der Waals surface area contributed by atoms with E-state index in [1.165, 1.54) is 13.1 Å². The van der Waals surface area contributed by atoms with Gasteiger partial charge in [0, 0.05) is 19.0 Å². The number of carbonyl (C=O) groups excluding carboxylic acids is 4. The summed E-state index contributed by atoms with van der Waals surface area (Å²) in [6.07, 6.45) is -0.646. The average molecular weight is 556 g/mol. The van der Waals surface area contributed by atoms with Crippen molar-refractivity contribution in [1.29, 1.82) is 0 Å². The molecule has 2 unspecified atom stereocenters. The molecule has 0 saturated carbocycles.